The number of ether oxygens (including phenoxy) is 2. The lowest BCUT2D eigenvalue weighted by Crippen LogP contribution is -2.38. The third-order valence-electron chi connectivity index (χ3n) is 10.5. The number of aromatic nitrogens is 1. The predicted octanol–water partition coefficient (Wildman–Crippen LogP) is 5.39. The molecule has 4 atom stereocenters. The monoisotopic (exact) mass is 691 g/mol. The van der Waals surface area contributed by atoms with E-state index < -0.39 is 29.5 Å². The van der Waals surface area contributed by atoms with Crippen LogP contribution in [-0.4, -0.2) is 87.0 Å². The van der Waals surface area contributed by atoms with Crippen molar-refractivity contribution in [3.63, 3.8) is 0 Å². The zero-order valence-corrected chi connectivity index (χ0v) is 28.0. The Bertz CT molecular complexity index is 1720. The number of amides is 1. The van der Waals surface area contributed by atoms with Gasteiger partial charge in [0.2, 0.25) is 5.91 Å². The number of carbonyl (C=O) groups excluding carboxylic acids is 1. The Hall–Kier alpha value is -4.83. The standard InChI is InChI=1S/C37H40F3N5O5/c1-49-22-26-18-45(20-31(26)29-9-6-27(37(38,39)40)15-33(29)43-13-11-25(12-14-43)36(47)48)35(46)32-21-44(34-10-3-23(16-41)17-42-34)19-30(32)24-4-7-28(50-2)8-5-24/h3-10,15,17,25-26,30-32H,11-14,18-22H2,1-2H3,(H,47,48)/t26?,30-,31?,32?/m0/s1. The molecule has 3 saturated heterocycles. The lowest BCUT2D eigenvalue weighted by atomic mass is 9.86. The van der Waals surface area contributed by atoms with E-state index in [0.29, 0.717) is 87.1 Å². The van der Waals surface area contributed by atoms with Crippen LogP contribution in [0.5, 0.6) is 5.75 Å². The van der Waals surface area contributed by atoms with E-state index in [2.05, 4.69) is 11.1 Å². The van der Waals surface area contributed by atoms with E-state index >= 15 is 0 Å². The molecule has 2 aromatic carbocycles. The number of benzene rings is 2. The van der Waals surface area contributed by atoms with Gasteiger partial charge in [0.1, 0.15) is 17.6 Å². The van der Waals surface area contributed by atoms with Gasteiger partial charge in [-0.1, -0.05) is 18.2 Å². The maximum Gasteiger partial charge on any atom is 0.416 e. The van der Waals surface area contributed by atoms with E-state index in [9.17, 15) is 33.1 Å². The highest BCUT2D eigenvalue weighted by Gasteiger charge is 2.45. The Morgan fingerprint density at radius 1 is 0.960 bits per heavy atom. The van der Waals surface area contributed by atoms with E-state index in [4.69, 9.17) is 9.47 Å². The number of piperidine rings is 1. The second-order valence-corrected chi connectivity index (χ2v) is 13.3. The number of carboxylic acid groups (broad SMARTS) is 1. The molecule has 3 aromatic rings. The molecule has 264 valence electrons. The van der Waals surface area contributed by atoms with E-state index in [1.807, 2.05) is 39.0 Å². The lowest BCUT2D eigenvalue weighted by Gasteiger charge is -2.35. The summed E-state index contributed by atoms with van der Waals surface area (Å²) < 4.78 is 52.8. The highest BCUT2D eigenvalue weighted by molar-refractivity contribution is 5.82. The van der Waals surface area contributed by atoms with Crippen LogP contribution in [0.2, 0.25) is 0 Å². The van der Waals surface area contributed by atoms with Gasteiger partial charge in [-0.3, -0.25) is 9.59 Å². The van der Waals surface area contributed by atoms with Gasteiger partial charge < -0.3 is 29.3 Å². The van der Waals surface area contributed by atoms with Crippen LogP contribution in [0.15, 0.2) is 60.8 Å². The Morgan fingerprint density at radius 2 is 1.70 bits per heavy atom. The summed E-state index contributed by atoms with van der Waals surface area (Å²) in [5.41, 5.74) is 1.77. The minimum absolute atomic E-state index is 0.0544. The number of methoxy groups -OCH3 is 2. The third kappa shape index (κ3) is 7.21. The summed E-state index contributed by atoms with van der Waals surface area (Å²) in [7, 11) is 3.17. The number of aliphatic carboxylic acids is 1. The van der Waals surface area contributed by atoms with Gasteiger partial charge in [-0.2, -0.15) is 18.4 Å². The summed E-state index contributed by atoms with van der Waals surface area (Å²) in [6.45, 7) is 2.55. The van der Waals surface area contributed by atoms with Crippen molar-refractivity contribution in [3.05, 3.63) is 83.0 Å². The number of nitrogens with zero attached hydrogens (tertiary/aromatic N) is 5. The van der Waals surface area contributed by atoms with Crippen molar-refractivity contribution in [2.24, 2.45) is 17.8 Å². The van der Waals surface area contributed by atoms with Crippen LogP contribution < -0.4 is 14.5 Å². The van der Waals surface area contributed by atoms with Gasteiger partial charge >= 0.3 is 12.1 Å². The molecule has 13 heteroatoms. The number of hydrogen-bond donors (Lipinski definition) is 1. The first kappa shape index (κ1) is 35.0. The van der Waals surface area contributed by atoms with Crippen molar-refractivity contribution < 1.29 is 37.3 Å². The van der Waals surface area contributed by atoms with Crippen molar-refractivity contribution >= 4 is 23.4 Å². The third-order valence-corrected chi connectivity index (χ3v) is 10.5. The summed E-state index contributed by atoms with van der Waals surface area (Å²) in [6, 6.07) is 17.0. The van der Waals surface area contributed by atoms with Gasteiger partial charge in [0.15, 0.2) is 0 Å². The Balaban J connectivity index is 1.30. The van der Waals surface area contributed by atoms with E-state index in [1.165, 1.54) is 18.3 Å². The molecule has 0 spiro atoms. The molecule has 1 N–H and O–H groups in total. The summed E-state index contributed by atoms with van der Waals surface area (Å²) in [4.78, 5) is 36.4. The van der Waals surface area contributed by atoms with Gasteiger partial charge in [0.05, 0.1) is 36.7 Å². The number of alkyl halides is 3. The number of carbonyl (C=O) groups is 2. The van der Waals surface area contributed by atoms with Crippen LogP contribution in [0.3, 0.4) is 0 Å². The molecule has 3 fully saturated rings. The molecular weight excluding hydrogens is 651 g/mol. The average molecular weight is 692 g/mol. The molecule has 3 aliphatic heterocycles. The molecule has 1 amide bonds. The van der Waals surface area contributed by atoms with Crippen molar-refractivity contribution in [2.45, 2.75) is 30.9 Å². The summed E-state index contributed by atoms with van der Waals surface area (Å²) >= 11 is 0. The number of halogens is 3. The van der Waals surface area contributed by atoms with Crippen LogP contribution in [-0.2, 0) is 20.5 Å². The van der Waals surface area contributed by atoms with Gasteiger partial charge in [0, 0.05) is 76.0 Å². The van der Waals surface area contributed by atoms with Gasteiger partial charge in [-0.25, -0.2) is 4.98 Å². The highest BCUT2D eigenvalue weighted by Crippen LogP contribution is 2.44. The predicted molar refractivity (Wildman–Crippen MR) is 179 cm³/mol. The first-order valence-corrected chi connectivity index (χ1v) is 16.7. The molecule has 0 saturated carbocycles. The molecule has 3 aliphatic rings. The van der Waals surface area contributed by atoms with Crippen LogP contribution in [0.4, 0.5) is 24.7 Å². The molecule has 4 heterocycles. The minimum Gasteiger partial charge on any atom is -0.497 e. The van der Waals surface area contributed by atoms with Crippen LogP contribution >= 0.6 is 0 Å². The number of hydrogen-bond acceptors (Lipinski definition) is 8. The molecule has 6 rings (SSSR count). The lowest BCUT2D eigenvalue weighted by molar-refractivity contribution is -0.142. The zero-order valence-electron chi connectivity index (χ0n) is 28.0. The zero-order chi connectivity index (χ0) is 35.6. The van der Waals surface area contributed by atoms with Crippen LogP contribution in [0.1, 0.15) is 46.9 Å². The van der Waals surface area contributed by atoms with E-state index in [1.54, 1.807) is 26.4 Å². The largest absolute Gasteiger partial charge is 0.497 e. The summed E-state index contributed by atoms with van der Waals surface area (Å²) in [5.74, 6) is -1.22. The van der Waals surface area contributed by atoms with Crippen LogP contribution in [0.25, 0.3) is 0 Å². The quantitative estimate of drug-likeness (QED) is 0.315. The second-order valence-electron chi connectivity index (χ2n) is 13.3. The second kappa shape index (κ2) is 14.6. The summed E-state index contributed by atoms with van der Waals surface area (Å²) in [5, 5.41) is 18.8. The Kier molecular flexibility index (Phi) is 10.2. The van der Waals surface area contributed by atoms with Gasteiger partial charge in [-0.05, 0) is 60.4 Å². The number of anilines is 2. The van der Waals surface area contributed by atoms with Crippen molar-refractivity contribution in [1.29, 1.82) is 5.26 Å². The number of likely N-dealkylation sites (tertiary alicyclic amines) is 1. The number of rotatable bonds is 9. The van der Waals surface area contributed by atoms with Crippen molar-refractivity contribution in [3.8, 4) is 11.8 Å². The fraction of sp³-hybridized carbons (Fsp3) is 0.459. The van der Waals surface area contributed by atoms with Crippen molar-refractivity contribution in [2.75, 3.05) is 69.9 Å². The topological polar surface area (TPSA) is 119 Å². The molecule has 0 aliphatic carbocycles. The number of carboxylic acids is 1. The Morgan fingerprint density at radius 3 is 2.30 bits per heavy atom. The van der Waals surface area contributed by atoms with E-state index in [0.717, 1.165) is 11.6 Å². The highest BCUT2D eigenvalue weighted by atomic mass is 19.4. The molecule has 10 nitrogen and oxygen atoms in total. The molecule has 0 bridgehead atoms. The maximum absolute atomic E-state index is 14.6. The molecule has 0 radical (unpaired) electrons. The summed E-state index contributed by atoms with van der Waals surface area (Å²) in [6.07, 6.45) is -2.37. The van der Waals surface area contributed by atoms with Crippen molar-refractivity contribution in [1.82, 2.24) is 9.88 Å². The minimum atomic E-state index is -4.55. The number of pyridine rings is 1. The molecular formula is C37H40F3N5O5. The van der Waals surface area contributed by atoms with E-state index in [-0.39, 0.29) is 23.7 Å². The average Bonchev–Trinajstić information content (AvgIpc) is 3.76. The molecule has 1 aromatic heterocycles. The normalized spacial score (nSPS) is 22.8. The molecule has 3 unspecified atom stereocenters. The first-order valence-electron chi connectivity index (χ1n) is 16.7. The van der Waals surface area contributed by atoms with Gasteiger partial charge in [0.25, 0.3) is 0 Å². The maximum atomic E-state index is 14.6. The Labute approximate surface area is 289 Å². The first-order chi connectivity index (χ1) is 24.0. The smallest absolute Gasteiger partial charge is 0.416 e. The fourth-order valence-electron chi connectivity index (χ4n) is 7.76. The SMILES string of the molecule is COCC1CN(C(=O)C2CN(c3ccc(C#N)cn3)C[C@H]2c2ccc(OC)cc2)CC1c1ccc(C(F)(F)F)cc1N1CCC(C(=O)O)CC1. The van der Waals surface area contributed by atoms with Crippen LogP contribution in [0, 0.1) is 29.1 Å². The number of nitriles is 1. The molecule has 50 heavy (non-hydrogen) atoms. The van der Waals surface area contributed by atoms with Gasteiger partial charge in [-0.15, -0.1) is 0 Å². The fourth-order valence-corrected chi connectivity index (χ4v) is 7.76.